The van der Waals surface area contributed by atoms with Gasteiger partial charge in [0, 0.05) is 59.1 Å². The number of aryl methyl sites for hydroxylation is 1. The zero-order valence-corrected chi connectivity index (χ0v) is 18.9. The molecule has 8 nitrogen and oxygen atoms in total. The summed E-state index contributed by atoms with van der Waals surface area (Å²) in [6.45, 7) is 6.51. The molecule has 1 aromatic heterocycles. The molecule has 2 aromatic carbocycles. The molecule has 0 radical (unpaired) electrons. The van der Waals surface area contributed by atoms with Crippen molar-refractivity contribution in [2.45, 2.75) is 19.6 Å². The minimum Gasteiger partial charge on any atom is -0.369 e. The first kappa shape index (κ1) is 21.8. The van der Waals surface area contributed by atoms with Gasteiger partial charge in [-0.1, -0.05) is 42.5 Å². The lowest BCUT2D eigenvalue weighted by Gasteiger charge is -2.36. The second-order valence-electron chi connectivity index (χ2n) is 7.95. The van der Waals surface area contributed by atoms with Gasteiger partial charge in [0.25, 0.3) is 0 Å². The van der Waals surface area contributed by atoms with Crippen molar-refractivity contribution in [3.05, 3.63) is 77.9 Å². The predicted molar refractivity (Wildman–Crippen MR) is 128 cm³/mol. The van der Waals surface area contributed by atoms with Gasteiger partial charge in [0.2, 0.25) is 0 Å². The van der Waals surface area contributed by atoms with Crippen LogP contribution in [0, 0.1) is 0 Å². The van der Waals surface area contributed by atoms with Gasteiger partial charge in [-0.05, 0) is 23.3 Å². The van der Waals surface area contributed by atoms with Crippen molar-refractivity contribution in [3.8, 4) is 0 Å². The van der Waals surface area contributed by atoms with Gasteiger partial charge >= 0.3 is 0 Å². The molecule has 0 spiro atoms. The first-order valence-corrected chi connectivity index (χ1v) is 11.1. The Bertz CT molecular complexity index is 1010. The molecule has 0 aliphatic carbocycles. The van der Waals surface area contributed by atoms with Crippen LogP contribution in [0.1, 0.15) is 17.0 Å². The van der Waals surface area contributed by atoms with E-state index in [9.17, 15) is 0 Å². The Morgan fingerprint density at radius 1 is 0.906 bits per heavy atom. The Kier molecular flexibility index (Phi) is 7.34. The van der Waals surface area contributed by atoms with Crippen molar-refractivity contribution in [2.24, 2.45) is 12.0 Å². The van der Waals surface area contributed by atoms with E-state index < -0.39 is 0 Å². The molecular weight excluding hydrogens is 400 g/mol. The number of aromatic nitrogens is 3. The molecule has 4 rings (SSSR count). The fourth-order valence-electron chi connectivity index (χ4n) is 3.97. The van der Waals surface area contributed by atoms with Crippen LogP contribution >= 0.6 is 0 Å². The number of guanidine groups is 1. The largest absolute Gasteiger partial charge is 0.369 e. The van der Waals surface area contributed by atoms with Crippen LogP contribution in [-0.2, 0) is 26.7 Å². The third-order valence-electron chi connectivity index (χ3n) is 5.89. The highest BCUT2D eigenvalue weighted by Gasteiger charge is 2.18. The van der Waals surface area contributed by atoms with Crippen LogP contribution in [0.3, 0.4) is 0 Å². The van der Waals surface area contributed by atoms with Crippen LogP contribution in [0.2, 0.25) is 0 Å². The summed E-state index contributed by atoms with van der Waals surface area (Å²) in [7, 11) is 3.67. The van der Waals surface area contributed by atoms with E-state index in [0.717, 1.165) is 51.1 Å². The number of para-hydroxylation sites is 1. The number of hydrogen-bond acceptors (Lipinski definition) is 5. The molecule has 3 aromatic rings. The number of anilines is 1. The predicted octanol–water partition coefficient (Wildman–Crippen LogP) is 2.00. The van der Waals surface area contributed by atoms with E-state index in [-0.39, 0.29) is 0 Å². The molecule has 0 amide bonds. The van der Waals surface area contributed by atoms with E-state index in [2.05, 4.69) is 90.1 Å². The van der Waals surface area contributed by atoms with Gasteiger partial charge in [-0.3, -0.25) is 14.6 Å². The second kappa shape index (κ2) is 10.8. The zero-order chi connectivity index (χ0) is 22.2. The first-order valence-electron chi connectivity index (χ1n) is 11.1. The highest BCUT2D eigenvalue weighted by molar-refractivity contribution is 5.79. The highest BCUT2D eigenvalue weighted by Crippen LogP contribution is 2.18. The standard InChI is InChI=1S/C24H32N8/c1-25-24(27-17-23-28-19-29-30(23)2)26-16-20-8-6-7-9-21(20)18-31-12-14-32(15-13-31)22-10-4-3-5-11-22/h3-11,19H,12-18H2,1-2H3,(H2,25,26,27). The Morgan fingerprint density at radius 3 is 2.28 bits per heavy atom. The van der Waals surface area contributed by atoms with Crippen molar-refractivity contribution in [1.82, 2.24) is 30.3 Å². The molecule has 0 atom stereocenters. The first-order chi connectivity index (χ1) is 15.7. The van der Waals surface area contributed by atoms with Crippen LogP contribution in [0.4, 0.5) is 5.69 Å². The van der Waals surface area contributed by atoms with E-state index >= 15 is 0 Å². The van der Waals surface area contributed by atoms with Crippen molar-refractivity contribution in [3.63, 3.8) is 0 Å². The number of aliphatic imine (C=N–C) groups is 1. The second-order valence-corrected chi connectivity index (χ2v) is 7.95. The minimum absolute atomic E-state index is 0.573. The number of nitrogens with one attached hydrogen (secondary N) is 2. The van der Waals surface area contributed by atoms with Gasteiger partial charge in [-0.25, -0.2) is 4.98 Å². The van der Waals surface area contributed by atoms with Gasteiger partial charge in [0.15, 0.2) is 5.96 Å². The van der Waals surface area contributed by atoms with E-state index in [4.69, 9.17) is 0 Å². The van der Waals surface area contributed by atoms with Gasteiger partial charge in [-0.15, -0.1) is 0 Å². The molecule has 2 heterocycles. The summed E-state index contributed by atoms with van der Waals surface area (Å²) in [5.74, 6) is 1.61. The summed E-state index contributed by atoms with van der Waals surface area (Å²) in [5.41, 5.74) is 3.97. The minimum atomic E-state index is 0.573. The zero-order valence-electron chi connectivity index (χ0n) is 18.9. The summed E-state index contributed by atoms with van der Waals surface area (Å²) in [4.78, 5) is 13.6. The smallest absolute Gasteiger partial charge is 0.191 e. The Morgan fingerprint density at radius 2 is 1.59 bits per heavy atom. The SMILES string of the molecule is CN=C(NCc1ccccc1CN1CCN(c2ccccc2)CC1)NCc1ncnn1C. The quantitative estimate of drug-likeness (QED) is 0.440. The molecule has 0 saturated carbocycles. The number of nitrogens with zero attached hydrogens (tertiary/aromatic N) is 6. The van der Waals surface area contributed by atoms with E-state index in [1.807, 2.05) is 7.05 Å². The van der Waals surface area contributed by atoms with Gasteiger partial charge in [-0.2, -0.15) is 5.10 Å². The third kappa shape index (κ3) is 5.64. The molecule has 2 N–H and O–H groups in total. The lowest BCUT2D eigenvalue weighted by atomic mass is 10.1. The maximum absolute atomic E-state index is 4.34. The average Bonchev–Trinajstić information content (AvgIpc) is 3.26. The van der Waals surface area contributed by atoms with Crippen LogP contribution in [0.15, 0.2) is 65.9 Å². The van der Waals surface area contributed by atoms with Crippen LogP contribution in [0.25, 0.3) is 0 Å². The highest BCUT2D eigenvalue weighted by atomic mass is 15.3. The fourth-order valence-corrected chi connectivity index (χ4v) is 3.97. The molecule has 1 fully saturated rings. The monoisotopic (exact) mass is 432 g/mol. The lowest BCUT2D eigenvalue weighted by molar-refractivity contribution is 0.249. The van der Waals surface area contributed by atoms with Gasteiger partial charge in [0.05, 0.1) is 6.54 Å². The molecule has 0 bridgehead atoms. The summed E-state index contributed by atoms with van der Waals surface area (Å²) in [6, 6.07) is 19.3. The maximum Gasteiger partial charge on any atom is 0.191 e. The molecule has 0 unspecified atom stereocenters. The molecule has 1 saturated heterocycles. The summed E-state index contributed by atoms with van der Waals surface area (Å²) in [5, 5.41) is 10.8. The molecule has 168 valence electrons. The molecule has 8 heteroatoms. The topological polar surface area (TPSA) is 73.6 Å². The van der Waals surface area contributed by atoms with Crippen molar-refractivity contribution < 1.29 is 0 Å². The van der Waals surface area contributed by atoms with E-state index in [0.29, 0.717) is 6.54 Å². The van der Waals surface area contributed by atoms with E-state index in [1.165, 1.54) is 16.8 Å². The Balaban J connectivity index is 1.29. The Labute approximate surface area is 190 Å². The summed E-state index contributed by atoms with van der Waals surface area (Å²) >= 11 is 0. The Hall–Kier alpha value is -3.39. The normalized spacial score (nSPS) is 15.1. The van der Waals surface area contributed by atoms with Crippen LogP contribution in [-0.4, -0.2) is 58.9 Å². The molecular formula is C24H32N8. The number of hydrogen-bond donors (Lipinski definition) is 2. The lowest BCUT2D eigenvalue weighted by Crippen LogP contribution is -2.46. The van der Waals surface area contributed by atoms with Crippen molar-refractivity contribution in [1.29, 1.82) is 0 Å². The molecule has 1 aliphatic rings. The molecule has 1 aliphatic heterocycles. The van der Waals surface area contributed by atoms with Gasteiger partial charge < -0.3 is 15.5 Å². The molecule has 32 heavy (non-hydrogen) atoms. The van der Waals surface area contributed by atoms with Gasteiger partial charge in [0.1, 0.15) is 12.2 Å². The summed E-state index contributed by atoms with van der Waals surface area (Å²) in [6.07, 6.45) is 1.56. The maximum atomic E-state index is 4.34. The van der Waals surface area contributed by atoms with E-state index in [1.54, 1.807) is 18.1 Å². The fraction of sp³-hybridized carbons (Fsp3) is 0.375. The average molecular weight is 433 g/mol. The van der Waals surface area contributed by atoms with Crippen molar-refractivity contribution in [2.75, 3.05) is 38.1 Å². The van der Waals surface area contributed by atoms with Crippen LogP contribution in [0.5, 0.6) is 0 Å². The number of piperazine rings is 1. The third-order valence-corrected chi connectivity index (χ3v) is 5.89. The number of benzene rings is 2. The van der Waals surface area contributed by atoms with Crippen molar-refractivity contribution >= 4 is 11.6 Å². The summed E-state index contributed by atoms with van der Waals surface area (Å²) < 4.78 is 1.76. The number of rotatable bonds is 7. The van der Waals surface area contributed by atoms with Crippen LogP contribution < -0.4 is 15.5 Å².